The quantitative estimate of drug-likeness (QED) is 0.711. The molecule has 6 heteroatoms. The highest BCUT2D eigenvalue weighted by Crippen LogP contribution is 2.33. The van der Waals surface area contributed by atoms with E-state index in [1.54, 1.807) is 12.1 Å². The largest absolute Gasteiger partial charge is 0.486 e. The molecule has 0 spiro atoms. The Kier molecular flexibility index (Phi) is 2.36. The Morgan fingerprint density at radius 3 is 2.71 bits per heavy atom. The maximum absolute atomic E-state index is 11.6. The van der Waals surface area contributed by atoms with Crippen molar-refractivity contribution in [3.8, 4) is 11.5 Å². The topological polar surface area (TPSA) is 59.6 Å². The number of ether oxygens (including phenoxy) is 2. The zero-order chi connectivity index (χ0) is 11.8. The fourth-order valence-electron chi connectivity index (χ4n) is 1.89. The standard InChI is InChI=1S/C11H10N2O3S/c14-10-9(12-11(17)13-10)6-1-2-7-8(5-6)16-4-3-15-7/h1-2,5,9H,3-4H2,(H2,12,13,14,17). The second kappa shape index (κ2) is 3.89. The molecule has 17 heavy (non-hydrogen) atoms. The third-order valence-corrected chi connectivity index (χ3v) is 2.89. The fourth-order valence-corrected chi connectivity index (χ4v) is 2.11. The third-order valence-electron chi connectivity index (χ3n) is 2.67. The van der Waals surface area contributed by atoms with Gasteiger partial charge in [0.15, 0.2) is 16.6 Å². The van der Waals surface area contributed by atoms with Crippen LogP contribution in [0.1, 0.15) is 11.6 Å². The SMILES string of the molecule is O=C1NC(=S)NC1c1ccc2c(c1)OCCO2. The van der Waals surface area contributed by atoms with E-state index in [0.717, 1.165) is 5.56 Å². The van der Waals surface area contributed by atoms with E-state index in [4.69, 9.17) is 21.7 Å². The van der Waals surface area contributed by atoms with Crippen LogP contribution in [0.4, 0.5) is 0 Å². The minimum atomic E-state index is -0.446. The van der Waals surface area contributed by atoms with Gasteiger partial charge in [0.25, 0.3) is 5.91 Å². The summed E-state index contributed by atoms with van der Waals surface area (Å²) in [4.78, 5) is 11.6. The van der Waals surface area contributed by atoms with Gasteiger partial charge in [-0.25, -0.2) is 0 Å². The Bertz CT molecular complexity index is 503. The average molecular weight is 250 g/mol. The van der Waals surface area contributed by atoms with Crippen LogP contribution in [0, 0.1) is 0 Å². The maximum Gasteiger partial charge on any atom is 0.253 e. The summed E-state index contributed by atoms with van der Waals surface area (Å²) >= 11 is 4.90. The molecule has 2 aliphatic heterocycles. The van der Waals surface area contributed by atoms with Gasteiger partial charge in [-0.15, -0.1) is 0 Å². The van der Waals surface area contributed by atoms with Crippen LogP contribution in [0.5, 0.6) is 11.5 Å². The molecule has 0 aromatic heterocycles. The first kappa shape index (κ1) is 10.3. The van der Waals surface area contributed by atoms with Crippen molar-refractivity contribution in [2.45, 2.75) is 6.04 Å². The van der Waals surface area contributed by atoms with Gasteiger partial charge in [-0.05, 0) is 29.9 Å². The van der Waals surface area contributed by atoms with E-state index >= 15 is 0 Å². The first-order valence-electron chi connectivity index (χ1n) is 5.25. The predicted octanol–water partition coefficient (Wildman–Crippen LogP) is 0.503. The molecule has 3 rings (SSSR count). The molecule has 2 N–H and O–H groups in total. The average Bonchev–Trinajstić information content (AvgIpc) is 2.68. The number of hydrogen-bond acceptors (Lipinski definition) is 4. The number of hydrogen-bond donors (Lipinski definition) is 2. The summed E-state index contributed by atoms with van der Waals surface area (Å²) in [6.07, 6.45) is 0. The molecule has 1 saturated heterocycles. The molecule has 0 aliphatic carbocycles. The lowest BCUT2D eigenvalue weighted by atomic mass is 10.1. The van der Waals surface area contributed by atoms with E-state index in [-0.39, 0.29) is 5.91 Å². The molecule has 0 radical (unpaired) electrons. The number of fused-ring (bicyclic) bond motifs is 1. The van der Waals surface area contributed by atoms with E-state index in [2.05, 4.69) is 10.6 Å². The van der Waals surface area contributed by atoms with Crippen molar-refractivity contribution in [1.29, 1.82) is 0 Å². The van der Waals surface area contributed by atoms with Crippen molar-refractivity contribution in [1.82, 2.24) is 10.6 Å². The van der Waals surface area contributed by atoms with E-state index in [9.17, 15) is 4.79 Å². The van der Waals surface area contributed by atoms with Gasteiger partial charge in [-0.2, -0.15) is 0 Å². The molecule has 0 bridgehead atoms. The second-order valence-corrected chi connectivity index (χ2v) is 4.21. The van der Waals surface area contributed by atoms with Crippen LogP contribution in [-0.2, 0) is 4.79 Å². The fraction of sp³-hybridized carbons (Fsp3) is 0.273. The summed E-state index contributed by atoms with van der Waals surface area (Å²) in [5.74, 6) is 1.23. The molecule has 1 amide bonds. The molecule has 1 atom stereocenters. The first-order chi connectivity index (χ1) is 8.24. The molecular weight excluding hydrogens is 240 g/mol. The predicted molar refractivity (Wildman–Crippen MR) is 64.0 cm³/mol. The van der Waals surface area contributed by atoms with E-state index < -0.39 is 6.04 Å². The molecule has 1 unspecified atom stereocenters. The Morgan fingerprint density at radius 1 is 1.24 bits per heavy atom. The zero-order valence-electron chi connectivity index (χ0n) is 8.86. The molecule has 2 aliphatic rings. The number of nitrogens with one attached hydrogen (secondary N) is 2. The van der Waals surface area contributed by atoms with Crippen molar-refractivity contribution >= 4 is 23.2 Å². The van der Waals surface area contributed by atoms with Crippen molar-refractivity contribution in [2.75, 3.05) is 13.2 Å². The van der Waals surface area contributed by atoms with Gasteiger partial charge in [-0.3, -0.25) is 4.79 Å². The molecule has 1 aromatic carbocycles. The number of carbonyl (C=O) groups excluding carboxylic acids is 1. The number of carbonyl (C=O) groups is 1. The van der Waals surface area contributed by atoms with Crippen LogP contribution < -0.4 is 20.1 Å². The zero-order valence-corrected chi connectivity index (χ0v) is 9.67. The second-order valence-electron chi connectivity index (χ2n) is 3.80. The third kappa shape index (κ3) is 1.80. The first-order valence-corrected chi connectivity index (χ1v) is 5.66. The van der Waals surface area contributed by atoms with Crippen LogP contribution in [0.25, 0.3) is 0 Å². The minimum Gasteiger partial charge on any atom is -0.486 e. The van der Waals surface area contributed by atoms with Crippen LogP contribution in [-0.4, -0.2) is 24.2 Å². The summed E-state index contributed by atoms with van der Waals surface area (Å²) in [5, 5.41) is 5.81. The number of amides is 1. The Hall–Kier alpha value is -1.82. The maximum atomic E-state index is 11.6. The Morgan fingerprint density at radius 2 is 2.00 bits per heavy atom. The van der Waals surface area contributed by atoms with Crippen LogP contribution in [0.15, 0.2) is 18.2 Å². The van der Waals surface area contributed by atoms with Gasteiger partial charge in [0, 0.05) is 0 Å². The van der Waals surface area contributed by atoms with Crippen LogP contribution >= 0.6 is 12.2 Å². The molecule has 1 fully saturated rings. The van der Waals surface area contributed by atoms with E-state index in [0.29, 0.717) is 29.8 Å². The lowest BCUT2D eigenvalue weighted by Crippen LogP contribution is -2.21. The highest BCUT2D eigenvalue weighted by molar-refractivity contribution is 7.80. The van der Waals surface area contributed by atoms with E-state index in [1.807, 2.05) is 6.07 Å². The van der Waals surface area contributed by atoms with Crippen molar-refractivity contribution in [2.24, 2.45) is 0 Å². The summed E-state index contributed by atoms with van der Waals surface area (Å²) in [6.45, 7) is 1.08. The molecule has 2 heterocycles. The van der Waals surface area contributed by atoms with Crippen molar-refractivity contribution < 1.29 is 14.3 Å². The smallest absolute Gasteiger partial charge is 0.253 e. The lowest BCUT2D eigenvalue weighted by Gasteiger charge is -2.19. The minimum absolute atomic E-state index is 0.147. The van der Waals surface area contributed by atoms with Gasteiger partial charge in [0.2, 0.25) is 0 Å². The summed E-state index contributed by atoms with van der Waals surface area (Å²) in [7, 11) is 0. The van der Waals surface area contributed by atoms with Crippen molar-refractivity contribution in [3.05, 3.63) is 23.8 Å². The highest BCUT2D eigenvalue weighted by atomic mass is 32.1. The van der Waals surface area contributed by atoms with Crippen LogP contribution in [0.3, 0.4) is 0 Å². The van der Waals surface area contributed by atoms with Crippen molar-refractivity contribution in [3.63, 3.8) is 0 Å². The number of benzene rings is 1. The Balaban J connectivity index is 1.93. The Labute approximate surface area is 103 Å². The molecule has 0 saturated carbocycles. The highest BCUT2D eigenvalue weighted by Gasteiger charge is 2.29. The summed E-state index contributed by atoms with van der Waals surface area (Å²) in [5.41, 5.74) is 0.812. The monoisotopic (exact) mass is 250 g/mol. The number of rotatable bonds is 1. The molecule has 5 nitrogen and oxygen atoms in total. The van der Waals surface area contributed by atoms with Gasteiger partial charge in [-0.1, -0.05) is 6.07 Å². The van der Waals surface area contributed by atoms with Gasteiger partial charge in [0.05, 0.1) is 0 Å². The lowest BCUT2D eigenvalue weighted by molar-refractivity contribution is -0.120. The van der Waals surface area contributed by atoms with Gasteiger partial charge >= 0.3 is 0 Å². The molecule has 1 aromatic rings. The molecular formula is C11H10N2O3S. The summed E-state index contributed by atoms with van der Waals surface area (Å²) < 4.78 is 10.9. The van der Waals surface area contributed by atoms with Gasteiger partial charge < -0.3 is 20.1 Å². The molecule has 88 valence electrons. The normalized spacial score (nSPS) is 22.0. The van der Waals surface area contributed by atoms with Gasteiger partial charge in [0.1, 0.15) is 19.3 Å². The van der Waals surface area contributed by atoms with Crippen LogP contribution in [0.2, 0.25) is 0 Å². The number of thiocarbonyl (C=S) groups is 1. The summed E-state index contributed by atoms with van der Waals surface area (Å²) in [6, 6.07) is 5.00. The van der Waals surface area contributed by atoms with E-state index in [1.165, 1.54) is 0 Å².